The topological polar surface area (TPSA) is 79.5 Å². The molecule has 4 rings (SSSR count). The summed E-state index contributed by atoms with van der Waals surface area (Å²) in [4.78, 5) is 27.2. The molecule has 40 heavy (non-hydrogen) atoms. The Labute approximate surface area is 234 Å². The summed E-state index contributed by atoms with van der Waals surface area (Å²) in [5, 5.41) is 8.76. The van der Waals surface area contributed by atoms with Gasteiger partial charge in [0.2, 0.25) is 5.91 Å². The molecule has 1 fully saturated rings. The monoisotopic (exact) mass is 577 g/mol. The van der Waals surface area contributed by atoms with Gasteiger partial charge in [0.15, 0.2) is 0 Å². The maximum Gasteiger partial charge on any atom is 0.573 e. The summed E-state index contributed by atoms with van der Waals surface area (Å²) in [7, 11) is 0. The van der Waals surface area contributed by atoms with Crippen LogP contribution in [0.25, 0.3) is 10.4 Å². The summed E-state index contributed by atoms with van der Waals surface area (Å²) in [6.07, 6.45) is 1.15. The number of rotatable bonds is 11. The number of carbonyl (C=O) groups excluding carboxylic acids is 2. The summed E-state index contributed by atoms with van der Waals surface area (Å²) in [5.74, 6) is -1.05. The lowest BCUT2D eigenvalue weighted by Gasteiger charge is -2.26. The number of anilines is 1. The average molecular weight is 578 g/mol. The first-order chi connectivity index (χ1) is 19.2. The third-order valence-corrected chi connectivity index (χ3v) is 7.84. The van der Waals surface area contributed by atoms with Crippen molar-refractivity contribution in [1.82, 2.24) is 10.6 Å². The third kappa shape index (κ3) is 8.70. The normalized spacial score (nSPS) is 14.8. The molecule has 1 aliphatic rings. The van der Waals surface area contributed by atoms with E-state index in [2.05, 4.69) is 20.7 Å². The van der Waals surface area contributed by atoms with E-state index in [1.807, 2.05) is 0 Å². The molecular formula is C29H31F4N3O3S. The van der Waals surface area contributed by atoms with Crippen molar-refractivity contribution in [3.05, 3.63) is 71.4 Å². The van der Waals surface area contributed by atoms with E-state index in [9.17, 15) is 27.2 Å². The molecule has 1 aliphatic carbocycles. The van der Waals surface area contributed by atoms with Crippen LogP contribution in [0, 0.1) is 11.7 Å². The van der Waals surface area contributed by atoms with Gasteiger partial charge in [0, 0.05) is 29.2 Å². The molecule has 1 aromatic heterocycles. The van der Waals surface area contributed by atoms with E-state index in [1.165, 1.54) is 48.1 Å². The minimum Gasteiger partial charge on any atom is -0.406 e. The van der Waals surface area contributed by atoms with Crippen LogP contribution in [0.5, 0.6) is 5.75 Å². The van der Waals surface area contributed by atoms with Gasteiger partial charge < -0.3 is 20.7 Å². The van der Waals surface area contributed by atoms with Crippen molar-refractivity contribution < 1.29 is 31.9 Å². The summed E-state index contributed by atoms with van der Waals surface area (Å²) in [5.41, 5.74) is 0.984. The number of benzene rings is 2. The Bertz CT molecular complexity index is 1270. The molecule has 2 aromatic carbocycles. The summed E-state index contributed by atoms with van der Waals surface area (Å²) < 4.78 is 55.0. The van der Waals surface area contributed by atoms with E-state index < -0.39 is 12.4 Å². The van der Waals surface area contributed by atoms with Crippen LogP contribution in [-0.2, 0) is 4.79 Å². The van der Waals surface area contributed by atoms with Gasteiger partial charge in [-0.3, -0.25) is 9.59 Å². The predicted molar refractivity (Wildman–Crippen MR) is 147 cm³/mol. The van der Waals surface area contributed by atoms with Crippen molar-refractivity contribution in [3.63, 3.8) is 0 Å². The largest absolute Gasteiger partial charge is 0.573 e. The highest BCUT2D eigenvalue weighted by atomic mass is 32.1. The summed E-state index contributed by atoms with van der Waals surface area (Å²) >= 11 is 1.17. The van der Waals surface area contributed by atoms with Crippen LogP contribution in [0.1, 0.15) is 48.2 Å². The second-order valence-electron chi connectivity index (χ2n) is 9.70. The molecule has 0 spiro atoms. The number of nitrogens with one attached hydrogen (secondary N) is 3. The van der Waals surface area contributed by atoms with Crippen molar-refractivity contribution in [1.29, 1.82) is 0 Å². The number of thiophene rings is 1. The molecule has 6 nitrogen and oxygen atoms in total. The Morgan fingerprint density at radius 2 is 1.68 bits per heavy atom. The Balaban J connectivity index is 1.33. The van der Waals surface area contributed by atoms with Crippen molar-refractivity contribution in [2.75, 3.05) is 18.4 Å². The Morgan fingerprint density at radius 1 is 0.950 bits per heavy atom. The molecule has 0 aliphatic heterocycles. The second-order valence-corrected chi connectivity index (χ2v) is 10.8. The molecule has 2 amide bonds. The Kier molecular flexibility index (Phi) is 10.0. The average Bonchev–Trinajstić information content (AvgIpc) is 3.42. The fourth-order valence-corrected chi connectivity index (χ4v) is 5.71. The smallest absolute Gasteiger partial charge is 0.406 e. The number of alkyl halides is 3. The number of halogens is 4. The molecule has 1 heterocycles. The van der Waals surface area contributed by atoms with E-state index in [0.717, 1.165) is 25.7 Å². The lowest BCUT2D eigenvalue weighted by molar-refractivity contribution is -0.274. The molecule has 1 saturated carbocycles. The van der Waals surface area contributed by atoms with E-state index in [0.29, 0.717) is 39.9 Å². The third-order valence-electron chi connectivity index (χ3n) is 6.73. The lowest BCUT2D eigenvalue weighted by Crippen LogP contribution is -2.48. The van der Waals surface area contributed by atoms with Gasteiger partial charge >= 0.3 is 6.36 Å². The van der Waals surface area contributed by atoms with Crippen LogP contribution >= 0.6 is 11.3 Å². The van der Waals surface area contributed by atoms with E-state index in [1.54, 1.807) is 30.3 Å². The van der Waals surface area contributed by atoms with Crippen LogP contribution in [0.4, 0.5) is 23.2 Å². The zero-order chi connectivity index (χ0) is 28.5. The van der Waals surface area contributed by atoms with E-state index >= 15 is 0 Å². The second kappa shape index (κ2) is 13.6. The summed E-state index contributed by atoms with van der Waals surface area (Å²) in [6, 6.07) is 14.3. The SMILES string of the molecule is O=C(N[C@@H](CC1CCCCC1)C(=O)NCCNc1ccc(OC(F)(F)F)cc1)c1ccc(-c2ccccc2F)s1. The van der Waals surface area contributed by atoms with Crippen molar-refractivity contribution in [2.45, 2.75) is 50.9 Å². The molecular weight excluding hydrogens is 546 g/mol. The number of hydrogen-bond donors (Lipinski definition) is 3. The molecule has 1 atom stereocenters. The molecule has 0 bridgehead atoms. The molecule has 11 heteroatoms. The standard InChI is InChI=1S/C29H31F4N3O3S/c30-23-9-5-4-8-22(23)25-14-15-26(40-25)28(38)36-24(18-19-6-2-1-3-7-19)27(37)35-17-16-34-20-10-12-21(13-11-20)39-29(31,32)33/h4-5,8-15,19,24,34H,1-3,6-7,16-18H2,(H,35,37)(H,36,38)/t24-/m0/s1. The van der Waals surface area contributed by atoms with Gasteiger partial charge in [-0.05, 0) is 54.8 Å². The zero-order valence-electron chi connectivity index (χ0n) is 21.7. The highest BCUT2D eigenvalue weighted by molar-refractivity contribution is 7.17. The number of hydrogen-bond acceptors (Lipinski definition) is 5. The molecule has 3 aromatic rings. The van der Waals surface area contributed by atoms with Crippen molar-refractivity contribution >= 4 is 28.8 Å². The zero-order valence-corrected chi connectivity index (χ0v) is 22.5. The maximum atomic E-state index is 14.2. The summed E-state index contributed by atoms with van der Waals surface area (Å²) in [6.45, 7) is 0.569. The number of carbonyl (C=O) groups is 2. The fraction of sp³-hybridized carbons (Fsp3) is 0.379. The van der Waals surface area contributed by atoms with Crippen LogP contribution < -0.4 is 20.7 Å². The quantitative estimate of drug-likeness (QED) is 0.174. The highest BCUT2D eigenvalue weighted by Gasteiger charge is 2.31. The minimum absolute atomic E-state index is 0.243. The minimum atomic E-state index is -4.76. The van der Waals surface area contributed by atoms with Gasteiger partial charge in [0.1, 0.15) is 17.6 Å². The van der Waals surface area contributed by atoms with Crippen molar-refractivity contribution in [3.8, 4) is 16.2 Å². The van der Waals surface area contributed by atoms with Crippen LogP contribution in [0.3, 0.4) is 0 Å². The lowest BCUT2D eigenvalue weighted by atomic mass is 9.84. The van der Waals surface area contributed by atoms with Gasteiger partial charge in [-0.15, -0.1) is 24.5 Å². The van der Waals surface area contributed by atoms with Crippen LogP contribution in [-0.4, -0.2) is 37.3 Å². The highest BCUT2D eigenvalue weighted by Crippen LogP contribution is 2.31. The molecule has 0 radical (unpaired) electrons. The van der Waals surface area contributed by atoms with Gasteiger partial charge in [0.25, 0.3) is 5.91 Å². The first kappa shape index (κ1) is 29.4. The van der Waals surface area contributed by atoms with E-state index in [-0.39, 0.29) is 29.9 Å². The van der Waals surface area contributed by atoms with Gasteiger partial charge in [-0.1, -0.05) is 50.3 Å². The first-order valence-corrected chi connectivity index (χ1v) is 14.0. The van der Waals surface area contributed by atoms with E-state index in [4.69, 9.17) is 0 Å². The Hall–Kier alpha value is -3.60. The molecule has 3 N–H and O–H groups in total. The molecule has 214 valence electrons. The number of ether oxygens (including phenoxy) is 1. The van der Waals surface area contributed by atoms with Gasteiger partial charge in [-0.2, -0.15) is 0 Å². The van der Waals surface area contributed by atoms with Crippen LogP contribution in [0.2, 0.25) is 0 Å². The number of amides is 2. The Morgan fingerprint density at radius 3 is 2.38 bits per heavy atom. The fourth-order valence-electron chi connectivity index (χ4n) is 4.77. The molecule has 0 saturated heterocycles. The molecule has 0 unspecified atom stereocenters. The van der Waals surface area contributed by atoms with Crippen molar-refractivity contribution in [2.24, 2.45) is 5.92 Å². The predicted octanol–water partition coefficient (Wildman–Crippen LogP) is 6.75. The van der Waals surface area contributed by atoms with Crippen LogP contribution in [0.15, 0.2) is 60.7 Å². The van der Waals surface area contributed by atoms with Gasteiger partial charge in [-0.25, -0.2) is 4.39 Å². The first-order valence-electron chi connectivity index (χ1n) is 13.2. The maximum absolute atomic E-state index is 14.2. The van der Waals surface area contributed by atoms with Gasteiger partial charge in [0.05, 0.1) is 4.88 Å².